The Balaban J connectivity index is 1.36. The van der Waals surface area contributed by atoms with Gasteiger partial charge in [0.25, 0.3) is 0 Å². The lowest BCUT2D eigenvalue weighted by Crippen LogP contribution is -2.49. The summed E-state index contributed by atoms with van der Waals surface area (Å²) in [6, 6.07) is 7.91. The lowest BCUT2D eigenvalue weighted by atomic mass is 10.2. The van der Waals surface area contributed by atoms with Crippen LogP contribution in [0.1, 0.15) is 0 Å². The van der Waals surface area contributed by atoms with Crippen molar-refractivity contribution in [2.75, 3.05) is 81.1 Å². The first kappa shape index (κ1) is 24.7. The Kier molecular flexibility index (Phi) is 7.26. The number of halogens is 3. The van der Waals surface area contributed by atoms with Gasteiger partial charge in [0, 0.05) is 88.8 Å². The van der Waals surface area contributed by atoms with E-state index in [-0.39, 0.29) is 0 Å². The molecular weight excluding hydrogens is 489 g/mol. The van der Waals surface area contributed by atoms with E-state index in [1.165, 1.54) is 16.2 Å². The van der Waals surface area contributed by atoms with Crippen molar-refractivity contribution >= 4 is 33.8 Å². The molecule has 2 aliphatic rings. The second-order valence-corrected chi connectivity index (χ2v) is 10.2. The minimum atomic E-state index is -4.17. The minimum Gasteiger partial charge on any atom is -0.369 e. The first-order valence-corrected chi connectivity index (χ1v) is 12.8. The van der Waals surface area contributed by atoms with E-state index in [0.717, 1.165) is 53.3 Å². The predicted molar refractivity (Wildman–Crippen MR) is 137 cm³/mol. The number of nitrogens with zero attached hydrogens (tertiary/aromatic N) is 7. The molecule has 0 atom stereocenters. The summed E-state index contributed by atoms with van der Waals surface area (Å²) < 4.78 is 38.5. The number of alkyl halides is 3. The van der Waals surface area contributed by atoms with Crippen LogP contribution in [0.25, 0.3) is 10.4 Å². The van der Waals surface area contributed by atoms with E-state index in [0.29, 0.717) is 32.0 Å². The van der Waals surface area contributed by atoms with Gasteiger partial charge in [0.15, 0.2) is 5.13 Å². The Labute approximate surface area is 212 Å². The van der Waals surface area contributed by atoms with Crippen LogP contribution in [0.2, 0.25) is 0 Å². The monoisotopic (exact) mass is 518 g/mol. The molecule has 0 aliphatic carbocycles. The number of likely N-dealkylation sites (N-methyl/N-ethyl adjacent to an activating group) is 1. The zero-order valence-corrected chi connectivity index (χ0v) is 20.9. The summed E-state index contributed by atoms with van der Waals surface area (Å²) in [5, 5.41) is 4.09. The lowest BCUT2D eigenvalue weighted by Gasteiger charge is -2.37. The fourth-order valence-corrected chi connectivity index (χ4v) is 5.28. The van der Waals surface area contributed by atoms with E-state index >= 15 is 0 Å². The first-order valence-electron chi connectivity index (χ1n) is 12.0. The molecule has 8 nitrogen and oxygen atoms in total. The van der Waals surface area contributed by atoms with Crippen LogP contribution in [-0.4, -0.2) is 96.9 Å². The van der Waals surface area contributed by atoms with Crippen molar-refractivity contribution < 1.29 is 13.2 Å². The molecule has 0 unspecified atom stereocenters. The van der Waals surface area contributed by atoms with Gasteiger partial charge in [0.2, 0.25) is 0 Å². The highest BCUT2D eigenvalue weighted by molar-refractivity contribution is 7.18. The number of pyridine rings is 2. The van der Waals surface area contributed by atoms with Crippen LogP contribution >= 0.6 is 11.3 Å². The molecule has 5 rings (SSSR count). The van der Waals surface area contributed by atoms with Crippen molar-refractivity contribution in [2.24, 2.45) is 0 Å². The van der Waals surface area contributed by atoms with Gasteiger partial charge in [-0.25, -0.2) is 9.97 Å². The second kappa shape index (κ2) is 10.6. The molecule has 12 heteroatoms. The number of piperazine rings is 2. The smallest absolute Gasteiger partial charge is 0.369 e. The van der Waals surface area contributed by atoms with E-state index in [1.807, 2.05) is 24.4 Å². The molecule has 5 heterocycles. The van der Waals surface area contributed by atoms with Gasteiger partial charge in [-0.15, -0.1) is 0 Å². The fraction of sp³-hybridized carbons (Fsp3) is 0.458. The third-order valence-electron chi connectivity index (χ3n) is 6.47. The van der Waals surface area contributed by atoms with Gasteiger partial charge in [-0.05, 0) is 24.7 Å². The lowest BCUT2D eigenvalue weighted by molar-refractivity contribution is -0.146. The Hall–Kier alpha value is -2.96. The fourth-order valence-electron chi connectivity index (χ4n) is 4.45. The van der Waals surface area contributed by atoms with Gasteiger partial charge in [0.1, 0.15) is 11.6 Å². The van der Waals surface area contributed by atoms with Gasteiger partial charge < -0.3 is 20.0 Å². The summed E-state index contributed by atoms with van der Waals surface area (Å²) in [6.45, 7) is 4.59. The third-order valence-corrected chi connectivity index (χ3v) is 7.43. The number of hydrogen-bond donors (Lipinski definition) is 1. The Morgan fingerprint density at radius 1 is 0.944 bits per heavy atom. The van der Waals surface area contributed by atoms with Crippen molar-refractivity contribution in [1.82, 2.24) is 24.8 Å². The van der Waals surface area contributed by atoms with E-state index in [9.17, 15) is 13.2 Å². The maximum absolute atomic E-state index is 12.8. The van der Waals surface area contributed by atoms with E-state index in [1.54, 1.807) is 12.4 Å². The average Bonchev–Trinajstić information content (AvgIpc) is 3.33. The number of aromatic nitrogens is 3. The van der Waals surface area contributed by atoms with Crippen LogP contribution in [0.15, 0.2) is 42.9 Å². The van der Waals surface area contributed by atoms with Crippen LogP contribution in [0.5, 0.6) is 0 Å². The molecule has 0 saturated carbocycles. The van der Waals surface area contributed by atoms with Crippen LogP contribution in [-0.2, 0) is 0 Å². The number of anilines is 4. The quantitative estimate of drug-likeness (QED) is 0.529. The van der Waals surface area contributed by atoms with Crippen molar-refractivity contribution in [3.63, 3.8) is 0 Å². The topological polar surface area (TPSA) is 63.7 Å². The van der Waals surface area contributed by atoms with Crippen LogP contribution in [0.4, 0.5) is 35.6 Å². The number of hydrogen-bond acceptors (Lipinski definition) is 9. The summed E-state index contributed by atoms with van der Waals surface area (Å²) in [6.07, 6.45) is 1.16. The molecule has 0 spiro atoms. The van der Waals surface area contributed by atoms with Crippen molar-refractivity contribution in [3.8, 4) is 10.4 Å². The molecule has 0 aromatic carbocycles. The predicted octanol–water partition coefficient (Wildman–Crippen LogP) is 3.78. The highest BCUT2D eigenvalue weighted by Crippen LogP contribution is 2.32. The molecule has 2 aliphatic heterocycles. The Morgan fingerprint density at radius 3 is 2.33 bits per heavy atom. The average molecular weight is 519 g/mol. The van der Waals surface area contributed by atoms with Gasteiger partial charge in [-0.2, -0.15) is 13.2 Å². The van der Waals surface area contributed by atoms with Crippen molar-refractivity contribution in [2.45, 2.75) is 6.18 Å². The molecule has 0 amide bonds. The molecule has 2 saturated heterocycles. The Bertz CT molecular complexity index is 1140. The maximum Gasteiger partial charge on any atom is 0.401 e. The number of nitrogens with one attached hydrogen (secondary N) is 1. The van der Waals surface area contributed by atoms with Gasteiger partial charge in [-0.3, -0.25) is 9.88 Å². The van der Waals surface area contributed by atoms with Crippen molar-refractivity contribution in [1.29, 1.82) is 0 Å². The molecule has 3 aromatic heterocycles. The molecule has 192 valence electrons. The van der Waals surface area contributed by atoms with Crippen LogP contribution in [0, 0.1) is 0 Å². The van der Waals surface area contributed by atoms with E-state index in [2.05, 4.69) is 43.1 Å². The normalized spacial score (nSPS) is 18.0. The van der Waals surface area contributed by atoms with Crippen LogP contribution in [0.3, 0.4) is 0 Å². The first-order chi connectivity index (χ1) is 17.3. The molecule has 0 bridgehead atoms. The summed E-state index contributed by atoms with van der Waals surface area (Å²) >= 11 is 1.53. The van der Waals surface area contributed by atoms with Gasteiger partial charge in [-0.1, -0.05) is 11.3 Å². The van der Waals surface area contributed by atoms with E-state index < -0.39 is 12.7 Å². The second-order valence-electron chi connectivity index (χ2n) is 9.13. The maximum atomic E-state index is 12.8. The number of rotatable bonds is 6. The van der Waals surface area contributed by atoms with Gasteiger partial charge in [0.05, 0.1) is 11.4 Å². The largest absolute Gasteiger partial charge is 0.401 e. The molecule has 2 fully saturated rings. The standard InChI is InChI=1S/C24H29F3N8S/c1-32-6-10-35(11-7-32)22-15-19(34-12-8-33(9-13-34)17-24(25,26)27)14-21(30-22)31-23-29-16-20(36-23)18-2-4-28-5-3-18/h2-5,14-16H,6-13,17H2,1H3,(H,29,30,31). The molecule has 1 N–H and O–H groups in total. The third kappa shape index (κ3) is 6.23. The SMILES string of the molecule is CN1CCN(c2cc(N3CCN(CC(F)(F)F)CC3)cc(Nc3ncc(-c4ccncc4)s3)n2)CC1. The highest BCUT2D eigenvalue weighted by Gasteiger charge is 2.32. The highest BCUT2D eigenvalue weighted by atomic mass is 32.1. The molecular formula is C24H29F3N8S. The molecule has 3 aromatic rings. The zero-order chi connectivity index (χ0) is 25.1. The molecule has 36 heavy (non-hydrogen) atoms. The summed E-state index contributed by atoms with van der Waals surface area (Å²) in [5.41, 5.74) is 2.01. The van der Waals surface area contributed by atoms with Crippen molar-refractivity contribution in [3.05, 3.63) is 42.9 Å². The number of thiazole rings is 1. The Morgan fingerprint density at radius 2 is 1.64 bits per heavy atom. The zero-order valence-electron chi connectivity index (χ0n) is 20.1. The van der Waals surface area contributed by atoms with Gasteiger partial charge >= 0.3 is 6.18 Å². The molecule has 0 radical (unpaired) electrons. The summed E-state index contributed by atoms with van der Waals surface area (Å²) in [5.74, 6) is 1.54. The minimum absolute atomic E-state index is 0.371. The summed E-state index contributed by atoms with van der Waals surface area (Å²) in [7, 11) is 2.11. The van der Waals surface area contributed by atoms with E-state index in [4.69, 9.17) is 4.98 Å². The van der Waals surface area contributed by atoms with Crippen LogP contribution < -0.4 is 15.1 Å². The summed E-state index contributed by atoms with van der Waals surface area (Å²) in [4.78, 5) is 22.7.